The van der Waals surface area contributed by atoms with Gasteiger partial charge >= 0.3 is 0 Å². The monoisotopic (exact) mass is 353 g/mol. The minimum Gasteiger partial charge on any atom is -0.376 e. The van der Waals surface area contributed by atoms with Crippen molar-refractivity contribution < 1.29 is 9.53 Å². The molecule has 0 aliphatic carbocycles. The van der Waals surface area contributed by atoms with E-state index in [4.69, 9.17) is 4.74 Å². The van der Waals surface area contributed by atoms with E-state index in [-0.39, 0.29) is 12.0 Å². The number of amides is 1. The highest BCUT2D eigenvalue weighted by Gasteiger charge is 2.20. The van der Waals surface area contributed by atoms with Crippen LogP contribution in [-0.4, -0.2) is 56.5 Å². The van der Waals surface area contributed by atoms with E-state index in [2.05, 4.69) is 20.9 Å². The average Bonchev–Trinajstić information content (AvgIpc) is 3.28. The molecule has 1 amide bonds. The number of thiophene rings is 1. The van der Waals surface area contributed by atoms with Gasteiger partial charge < -0.3 is 9.64 Å². The van der Waals surface area contributed by atoms with Crippen LogP contribution in [0, 0.1) is 0 Å². The molecule has 1 saturated heterocycles. The molecule has 124 valence electrons. The molecule has 2 aromatic heterocycles. The van der Waals surface area contributed by atoms with E-state index < -0.39 is 0 Å². The van der Waals surface area contributed by atoms with Crippen LogP contribution in [0.5, 0.6) is 0 Å². The molecule has 0 saturated carbocycles. The molecule has 1 atom stereocenters. The molecule has 0 bridgehead atoms. The molecule has 1 unspecified atom stereocenters. The Kier molecular flexibility index (Phi) is 5.63. The Labute approximate surface area is 143 Å². The van der Waals surface area contributed by atoms with Gasteiger partial charge in [0, 0.05) is 20.2 Å². The fourth-order valence-electron chi connectivity index (χ4n) is 2.38. The molecular weight excluding hydrogens is 334 g/mol. The fourth-order valence-corrected chi connectivity index (χ4v) is 3.86. The standard InChI is InChI=1S/C14H19N5O2S2/c1-18(7-11-4-6-22-9-11)13(20)10-23-14-15-16-17-19(14)8-12-3-2-5-21-12/h4,6,9,12H,2-3,5,7-8,10H2,1H3. The highest BCUT2D eigenvalue weighted by molar-refractivity contribution is 7.99. The lowest BCUT2D eigenvalue weighted by molar-refractivity contribution is -0.127. The Bertz CT molecular complexity index is 625. The Morgan fingerprint density at radius 1 is 1.61 bits per heavy atom. The van der Waals surface area contributed by atoms with E-state index in [0.29, 0.717) is 24.0 Å². The topological polar surface area (TPSA) is 73.1 Å². The number of tetrazole rings is 1. The number of rotatable bonds is 7. The number of thioether (sulfide) groups is 1. The number of hydrogen-bond donors (Lipinski definition) is 0. The van der Waals surface area contributed by atoms with Crippen molar-refractivity contribution in [1.29, 1.82) is 0 Å². The summed E-state index contributed by atoms with van der Waals surface area (Å²) in [6, 6.07) is 2.03. The van der Waals surface area contributed by atoms with E-state index >= 15 is 0 Å². The molecule has 3 heterocycles. The first-order valence-corrected chi connectivity index (χ1v) is 9.41. The molecule has 1 aliphatic heterocycles. The number of hydrogen-bond acceptors (Lipinski definition) is 7. The SMILES string of the molecule is CN(Cc1ccsc1)C(=O)CSc1nnnn1CC1CCCO1. The third kappa shape index (κ3) is 4.52. The summed E-state index contributed by atoms with van der Waals surface area (Å²) in [6.07, 6.45) is 2.29. The molecule has 1 fully saturated rings. The number of carbonyl (C=O) groups is 1. The van der Waals surface area contributed by atoms with Gasteiger partial charge in [0.25, 0.3) is 0 Å². The summed E-state index contributed by atoms with van der Waals surface area (Å²) >= 11 is 3.01. The van der Waals surface area contributed by atoms with Gasteiger partial charge in [-0.05, 0) is 45.7 Å². The quantitative estimate of drug-likeness (QED) is 0.705. The first-order chi connectivity index (χ1) is 11.2. The summed E-state index contributed by atoms with van der Waals surface area (Å²) in [6.45, 7) is 2.08. The van der Waals surface area contributed by atoms with Crippen LogP contribution in [0.2, 0.25) is 0 Å². The third-order valence-electron chi connectivity index (χ3n) is 3.65. The highest BCUT2D eigenvalue weighted by atomic mass is 32.2. The minimum absolute atomic E-state index is 0.0628. The Balaban J connectivity index is 1.49. The molecular formula is C14H19N5O2S2. The van der Waals surface area contributed by atoms with Crippen LogP contribution in [0.15, 0.2) is 22.0 Å². The number of carbonyl (C=O) groups excluding carboxylic acids is 1. The summed E-state index contributed by atoms with van der Waals surface area (Å²) < 4.78 is 7.33. The smallest absolute Gasteiger partial charge is 0.233 e. The molecule has 0 radical (unpaired) electrons. The van der Waals surface area contributed by atoms with Gasteiger partial charge in [-0.2, -0.15) is 11.3 Å². The maximum atomic E-state index is 12.2. The van der Waals surface area contributed by atoms with Gasteiger partial charge in [0.1, 0.15) is 0 Å². The molecule has 0 spiro atoms. The first-order valence-electron chi connectivity index (χ1n) is 7.48. The summed E-state index contributed by atoms with van der Waals surface area (Å²) in [5.41, 5.74) is 1.15. The van der Waals surface area contributed by atoms with Crippen LogP contribution in [0.4, 0.5) is 0 Å². The van der Waals surface area contributed by atoms with Crippen molar-refractivity contribution in [3.63, 3.8) is 0 Å². The van der Waals surface area contributed by atoms with Crippen LogP contribution < -0.4 is 0 Å². The zero-order valence-electron chi connectivity index (χ0n) is 12.9. The minimum atomic E-state index is 0.0628. The van der Waals surface area contributed by atoms with Crippen molar-refractivity contribution in [3.8, 4) is 0 Å². The van der Waals surface area contributed by atoms with Crippen molar-refractivity contribution in [2.45, 2.75) is 37.2 Å². The van der Waals surface area contributed by atoms with Gasteiger partial charge in [-0.1, -0.05) is 11.8 Å². The van der Waals surface area contributed by atoms with Crippen LogP contribution in [0.25, 0.3) is 0 Å². The normalized spacial score (nSPS) is 17.5. The predicted molar refractivity (Wildman–Crippen MR) is 88.3 cm³/mol. The van der Waals surface area contributed by atoms with Gasteiger partial charge in [0.15, 0.2) is 0 Å². The summed E-state index contributed by atoms with van der Waals surface area (Å²) in [5, 5.41) is 16.4. The summed E-state index contributed by atoms with van der Waals surface area (Å²) in [4.78, 5) is 14.0. The lowest BCUT2D eigenvalue weighted by Gasteiger charge is -2.16. The zero-order chi connectivity index (χ0) is 16.1. The van der Waals surface area contributed by atoms with Crippen LogP contribution in [-0.2, 0) is 22.6 Å². The molecule has 23 heavy (non-hydrogen) atoms. The van der Waals surface area contributed by atoms with Gasteiger partial charge in [-0.3, -0.25) is 4.79 Å². The van der Waals surface area contributed by atoms with E-state index in [0.717, 1.165) is 25.0 Å². The lowest BCUT2D eigenvalue weighted by atomic mass is 10.2. The summed E-state index contributed by atoms with van der Waals surface area (Å²) in [5.74, 6) is 0.389. The Morgan fingerprint density at radius 2 is 2.52 bits per heavy atom. The van der Waals surface area contributed by atoms with Crippen LogP contribution >= 0.6 is 23.1 Å². The van der Waals surface area contributed by atoms with Gasteiger partial charge in [0.05, 0.1) is 18.4 Å². The molecule has 1 aliphatic rings. The Hall–Kier alpha value is -1.45. The predicted octanol–water partition coefficient (Wildman–Crippen LogP) is 1.66. The van der Waals surface area contributed by atoms with Gasteiger partial charge in [-0.25, -0.2) is 4.68 Å². The second-order valence-corrected chi connectivity index (χ2v) is 7.17. The van der Waals surface area contributed by atoms with Crippen LogP contribution in [0.1, 0.15) is 18.4 Å². The molecule has 9 heteroatoms. The second kappa shape index (κ2) is 7.89. The van der Waals surface area contributed by atoms with Crippen LogP contribution in [0.3, 0.4) is 0 Å². The largest absolute Gasteiger partial charge is 0.376 e. The van der Waals surface area contributed by atoms with Crippen molar-refractivity contribution in [2.24, 2.45) is 0 Å². The molecule has 2 aromatic rings. The van der Waals surface area contributed by atoms with E-state index in [1.807, 2.05) is 18.5 Å². The molecule has 7 nitrogen and oxygen atoms in total. The maximum absolute atomic E-state index is 12.2. The van der Waals surface area contributed by atoms with Crippen molar-refractivity contribution in [2.75, 3.05) is 19.4 Å². The number of nitrogens with zero attached hydrogens (tertiary/aromatic N) is 5. The van der Waals surface area contributed by atoms with Crippen molar-refractivity contribution in [3.05, 3.63) is 22.4 Å². The molecule has 0 N–H and O–H groups in total. The lowest BCUT2D eigenvalue weighted by Crippen LogP contribution is -2.27. The third-order valence-corrected chi connectivity index (χ3v) is 5.32. The van der Waals surface area contributed by atoms with E-state index in [1.54, 1.807) is 20.9 Å². The molecule has 0 aromatic carbocycles. The van der Waals surface area contributed by atoms with Gasteiger partial charge in [0.2, 0.25) is 11.1 Å². The highest BCUT2D eigenvalue weighted by Crippen LogP contribution is 2.19. The van der Waals surface area contributed by atoms with E-state index in [1.165, 1.54) is 11.8 Å². The second-order valence-electron chi connectivity index (χ2n) is 5.45. The van der Waals surface area contributed by atoms with Gasteiger partial charge in [-0.15, -0.1) is 5.10 Å². The molecule has 3 rings (SSSR count). The maximum Gasteiger partial charge on any atom is 0.233 e. The van der Waals surface area contributed by atoms with Crippen molar-refractivity contribution >= 4 is 29.0 Å². The fraction of sp³-hybridized carbons (Fsp3) is 0.571. The zero-order valence-corrected chi connectivity index (χ0v) is 14.6. The van der Waals surface area contributed by atoms with E-state index in [9.17, 15) is 4.79 Å². The first kappa shape index (κ1) is 16.4. The number of ether oxygens (including phenoxy) is 1. The average molecular weight is 353 g/mol. The Morgan fingerprint density at radius 3 is 3.26 bits per heavy atom. The number of aromatic nitrogens is 4. The van der Waals surface area contributed by atoms with Crippen molar-refractivity contribution in [1.82, 2.24) is 25.1 Å². The summed E-state index contributed by atoms with van der Waals surface area (Å²) in [7, 11) is 1.82.